The fourth-order valence-electron chi connectivity index (χ4n) is 4.83. The van der Waals surface area contributed by atoms with Crippen LogP contribution < -0.4 is 0 Å². The predicted molar refractivity (Wildman–Crippen MR) is 109 cm³/mol. The summed E-state index contributed by atoms with van der Waals surface area (Å²) in [6.07, 6.45) is 12.5. The number of benzene rings is 2. The molecule has 27 heavy (non-hydrogen) atoms. The van der Waals surface area contributed by atoms with Crippen molar-refractivity contribution in [1.29, 1.82) is 0 Å². The van der Waals surface area contributed by atoms with Gasteiger partial charge in [0.1, 0.15) is 0 Å². The number of esters is 1. The minimum atomic E-state index is -0.125. The van der Waals surface area contributed by atoms with E-state index in [1.807, 2.05) is 0 Å². The van der Waals surface area contributed by atoms with Crippen molar-refractivity contribution in [3.05, 3.63) is 88.5 Å². The van der Waals surface area contributed by atoms with Gasteiger partial charge < -0.3 is 4.74 Å². The first kappa shape index (κ1) is 16.3. The Labute approximate surface area is 159 Å². The van der Waals surface area contributed by atoms with Gasteiger partial charge in [-0.3, -0.25) is 4.79 Å². The summed E-state index contributed by atoms with van der Waals surface area (Å²) in [5, 5.41) is 2.71. The van der Waals surface area contributed by atoms with Crippen LogP contribution >= 0.6 is 0 Å². The molecule has 0 saturated heterocycles. The lowest BCUT2D eigenvalue weighted by atomic mass is 9.68. The van der Waals surface area contributed by atoms with Gasteiger partial charge in [0.25, 0.3) is 0 Å². The molecule has 0 amide bonds. The third-order valence-electron chi connectivity index (χ3n) is 6.03. The monoisotopic (exact) mass is 354 g/mol. The highest BCUT2D eigenvalue weighted by Crippen LogP contribution is 2.51. The third kappa shape index (κ3) is 2.51. The maximum Gasteiger partial charge on any atom is 0.305 e. The van der Waals surface area contributed by atoms with Crippen molar-refractivity contribution >= 4 is 22.3 Å². The molecule has 1 atom stereocenters. The number of fused-ring (bicyclic) bond motifs is 2. The van der Waals surface area contributed by atoms with E-state index in [2.05, 4.69) is 60.7 Å². The number of methoxy groups -OCH3 is 1. The second kappa shape index (κ2) is 6.38. The Morgan fingerprint density at radius 1 is 1.15 bits per heavy atom. The molecule has 5 rings (SSSR count). The maximum absolute atomic E-state index is 11.5. The van der Waals surface area contributed by atoms with E-state index in [1.54, 1.807) is 0 Å². The van der Waals surface area contributed by atoms with Crippen molar-refractivity contribution in [3.63, 3.8) is 0 Å². The lowest BCUT2D eigenvalue weighted by Gasteiger charge is -2.35. The Morgan fingerprint density at radius 3 is 2.85 bits per heavy atom. The van der Waals surface area contributed by atoms with Crippen LogP contribution in [-0.4, -0.2) is 13.1 Å². The standard InChI is InChI=1S/C25H22O2/c1-27-23(26)13-4-6-16-14-15-22-20-11-3-8-17-7-2-10-19(24(17)20)21-12-5-9-18(16)25(21)22/h2-3,5,7-8,10-12,14-15,22H,4,6,9,13H2,1H3. The van der Waals surface area contributed by atoms with Crippen LogP contribution in [-0.2, 0) is 9.53 Å². The molecule has 1 unspecified atom stereocenters. The first-order valence-electron chi connectivity index (χ1n) is 9.68. The van der Waals surface area contributed by atoms with Crippen LogP contribution in [0.3, 0.4) is 0 Å². The summed E-state index contributed by atoms with van der Waals surface area (Å²) in [6, 6.07) is 13.3. The van der Waals surface area contributed by atoms with Gasteiger partial charge in [-0.05, 0) is 63.5 Å². The summed E-state index contributed by atoms with van der Waals surface area (Å²) in [7, 11) is 1.46. The maximum atomic E-state index is 11.5. The molecular weight excluding hydrogens is 332 g/mol. The fraction of sp³-hybridized carbons (Fsp3) is 0.240. The molecule has 2 heteroatoms. The number of ether oxygens (including phenoxy) is 1. The number of rotatable bonds is 4. The Morgan fingerprint density at radius 2 is 2.00 bits per heavy atom. The molecule has 0 fully saturated rings. The highest BCUT2D eigenvalue weighted by Gasteiger charge is 2.32. The molecule has 0 aromatic heterocycles. The number of hydrogen-bond donors (Lipinski definition) is 0. The molecule has 0 heterocycles. The van der Waals surface area contributed by atoms with Crippen molar-refractivity contribution < 1.29 is 9.53 Å². The van der Waals surface area contributed by atoms with Gasteiger partial charge in [0.15, 0.2) is 0 Å². The lowest BCUT2D eigenvalue weighted by molar-refractivity contribution is -0.140. The summed E-state index contributed by atoms with van der Waals surface area (Å²) < 4.78 is 4.78. The van der Waals surface area contributed by atoms with Gasteiger partial charge in [-0.2, -0.15) is 0 Å². The molecule has 3 aliphatic carbocycles. The molecule has 0 N–H and O–H groups in total. The van der Waals surface area contributed by atoms with E-state index >= 15 is 0 Å². The quantitative estimate of drug-likeness (QED) is 0.643. The predicted octanol–water partition coefficient (Wildman–Crippen LogP) is 5.86. The van der Waals surface area contributed by atoms with Crippen molar-refractivity contribution in [1.82, 2.24) is 0 Å². The van der Waals surface area contributed by atoms with Crippen LogP contribution in [0.1, 0.15) is 42.7 Å². The van der Waals surface area contributed by atoms with Crippen LogP contribution in [0.2, 0.25) is 0 Å². The molecule has 2 nitrogen and oxygen atoms in total. The fourth-order valence-corrected chi connectivity index (χ4v) is 4.83. The van der Waals surface area contributed by atoms with Crippen molar-refractivity contribution in [3.8, 4) is 0 Å². The Balaban J connectivity index is 1.62. The molecule has 2 aromatic rings. The van der Waals surface area contributed by atoms with Gasteiger partial charge in [-0.15, -0.1) is 0 Å². The van der Waals surface area contributed by atoms with E-state index in [0.717, 1.165) is 19.3 Å². The van der Waals surface area contributed by atoms with Crippen molar-refractivity contribution in [2.24, 2.45) is 0 Å². The normalized spacial score (nSPS) is 19.5. The summed E-state index contributed by atoms with van der Waals surface area (Å²) >= 11 is 0. The van der Waals surface area contributed by atoms with Crippen LogP contribution in [0.15, 0.2) is 77.4 Å². The zero-order valence-corrected chi connectivity index (χ0v) is 15.5. The van der Waals surface area contributed by atoms with E-state index in [0.29, 0.717) is 12.3 Å². The average Bonchev–Trinajstić information content (AvgIpc) is 2.72. The lowest BCUT2D eigenvalue weighted by Crippen LogP contribution is -2.16. The first-order valence-corrected chi connectivity index (χ1v) is 9.68. The number of hydrogen-bond acceptors (Lipinski definition) is 2. The zero-order chi connectivity index (χ0) is 18.4. The zero-order valence-electron chi connectivity index (χ0n) is 15.5. The minimum absolute atomic E-state index is 0.125. The molecule has 0 saturated carbocycles. The third-order valence-corrected chi connectivity index (χ3v) is 6.03. The van der Waals surface area contributed by atoms with Gasteiger partial charge in [0.2, 0.25) is 0 Å². The molecule has 0 bridgehead atoms. The van der Waals surface area contributed by atoms with Gasteiger partial charge >= 0.3 is 5.97 Å². The molecule has 0 spiro atoms. The van der Waals surface area contributed by atoms with Gasteiger partial charge in [-0.25, -0.2) is 0 Å². The van der Waals surface area contributed by atoms with Crippen molar-refractivity contribution in [2.75, 3.05) is 7.11 Å². The summed E-state index contributed by atoms with van der Waals surface area (Å²) in [5.41, 5.74) is 8.45. The van der Waals surface area contributed by atoms with Crippen LogP contribution in [0.25, 0.3) is 16.3 Å². The molecule has 0 aliphatic heterocycles. The number of allylic oxidation sites excluding steroid dienone is 8. The number of carbonyl (C=O) groups is 1. The highest BCUT2D eigenvalue weighted by molar-refractivity contribution is 6.04. The minimum Gasteiger partial charge on any atom is -0.469 e. The molecular formula is C25H22O2. The summed E-state index contributed by atoms with van der Waals surface area (Å²) in [5.74, 6) is 0.211. The van der Waals surface area contributed by atoms with E-state index in [9.17, 15) is 4.79 Å². The van der Waals surface area contributed by atoms with Crippen LogP contribution in [0.4, 0.5) is 0 Å². The Hall–Kier alpha value is -2.87. The first-order chi connectivity index (χ1) is 13.3. The smallest absolute Gasteiger partial charge is 0.305 e. The van der Waals surface area contributed by atoms with E-state index < -0.39 is 0 Å². The van der Waals surface area contributed by atoms with Crippen LogP contribution in [0.5, 0.6) is 0 Å². The molecule has 0 radical (unpaired) electrons. The highest BCUT2D eigenvalue weighted by atomic mass is 16.5. The van der Waals surface area contributed by atoms with Gasteiger partial charge in [-0.1, -0.05) is 60.7 Å². The largest absolute Gasteiger partial charge is 0.469 e. The molecule has 3 aliphatic rings. The molecule has 134 valence electrons. The average molecular weight is 354 g/mol. The van der Waals surface area contributed by atoms with Crippen LogP contribution in [0, 0.1) is 0 Å². The Kier molecular flexibility index (Phi) is 3.86. The van der Waals surface area contributed by atoms with Gasteiger partial charge in [0, 0.05) is 12.3 Å². The SMILES string of the molecule is COC(=O)CCCC1=C2CC=CC3=C2C(C=C1)c1cccc2cccc3c12. The second-order valence-electron chi connectivity index (χ2n) is 7.46. The summed E-state index contributed by atoms with van der Waals surface area (Å²) in [6.45, 7) is 0. The Bertz CT molecular complexity index is 1070. The van der Waals surface area contributed by atoms with Gasteiger partial charge in [0.05, 0.1) is 7.11 Å². The summed E-state index contributed by atoms with van der Waals surface area (Å²) in [4.78, 5) is 11.5. The topological polar surface area (TPSA) is 26.3 Å². The van der Waals surface area contributed by atoms with E-state index in [1.165, 1.54) is 51.3 Å². The number of carbonyl (C=O) groups excluding carboxylic acids is 1. The van der Waals surface area contributed by atoms with Crippen molar-refractivity contribution in [2.45, 2.75) is 31.6 Å². The van der Waals surface area contributed by atoms with E-state index in [4.69, 9.17) is 4.74 Å². The second-order valence-corrected chi connectivity index (χ2v) is 7.46. The van der Waals surface area contributed by atoms with E-state index in [-0.39, 0.29) is 5.97 Å². The molecule has 2 aromatic carbocycles.